The third-order valence-electron chi connectivity index (χ3n) is 1.93. The van der Waals surface area contributed by atoms with Crippen LogP contribution in [0.1, 0.15) is 19.2 Å². The average Bonchev–Trinajstić information content (AvgIpc) is 2.52. The molecule has 0 bridgehead atoms. The zero-order valence-electron chi connectivity index (χ0n) is 8.33. The van der Waals surface area contributed by atoms with E-state index >= 15 is 0 Å². The maximum atomic E-state index is 4.22. The molecule has 0 fully saturated rings. The molecule has 0 saturated heterocycles. The quantitative estimate of drug-likeness (QED) is 0.548. The van der Waals surface area contributed by atoms with Gasteiger partial charge in [-0.25, -0.2) is 4.98 Å². The number of aryl methyl sites for hydroxylation is 1. The van der Waals surface area contributed by atoms with Gasteiger partial charge in [0.2, 0.25) is 0 Å². The summed E-state index contributed by atoms with van der Waals surface area (Å²) < 4.78 is 2.03. The summed E-state index contributed by atoms with van der Waals surface area (Å²) in [7, 11) is 2.01. The molecule has 0 spiro atoms. The van der Waals surface area contributed by atoms with E-state index in [1.807, 2.05) is 30.9 Å². The van der Waals surface area contributed by atoms with Crippen molar-refractivity contribution in [3.63, 3.8) is 0 Å². The van der Waals surface area contributed by atoms with Crippen LogP contribution in [-0.2, 0) is 13.6 Å². The lowest BCUT2D eigenvalue weighted by Crippen LogP contribution is -2.16. The summed E-state index contributed by atoms with van der Waals surface area (Å²) in [5.74, 6) is 1.08. The monoisotopic (exact) mass is 179 g/mol. The van der Waals surface area contributed by atoms with Gasteiger partial charge in [-0.3, -0.25) is 0 Å². The van der Waals surface area contributed by atoms with Crippen LogP contribution in [0.4, 0.5) is 0 Å². The predicted octanol–water partition coefficient (Wildman–Crippen LogP) is 1.48. The van der Waals surface area contributed by atoms with Gasteiger partial charge >= 0.3 is 0 Å². The van der Waals surface area contributed by atoms with Gasteiger partial charge in [0, 0.05) is 19.4 Å². The zero-order valence-corrected chi connectivity index (χ0v) is 8.33. The van der Waals surface area contributed by atoms with E-state index in [1.165, 1.54) is 0 Å². The summed E-state index contributed by atoms with van der Waals surface area (Å²) in [4.78, 5) is 4.22. The molecule has 0 aliphatic heterocycles. The third kappa shape index (κ3) is 3.42. The molecule has 0 aromatic carbocycles. The molecule has 1 N–H and O–H groups in total. The van der Waals surface area contributed by atoms with E-state index < -0.39 is 0 Å². The number of aromatic nitrogens is 2. The standard InChI is InChI=1S/C10H17N3/c1-3-4-5-6-11-9-10-12-7-8-13(10)2/h3-4,7-8,11H,5-6,9H2,1-2H3/b4-3+. The van der Waals surface area contributed by atoms with Crippen LogP contribution in [0.15, 0.2) is 24.5 Å². The van der Waals surface area contributed by atoms with Gasteiger partial charge in [-0.15, -0.1) is 0 Å². The molecular formula is C10H17N3. The summed E-state index contributed by atoms with van der Waals surface area (Å²) in [6, 6.07) is 0. The molecular weight excluding hydrogens is 162 g/mol. The van der Waals surface area contributed by atoms with E-state index in [0.717, 1.165) is 25.3 Å². The van der Waals surface area contributed by atoms with Gasteiger partial charge in [0.25, 0.3) is 0 Å². The molecule has 0 saturated carbocycles. The molecule has 1 heterocycles. The minimum absolute atomic E-state index is 0.848. The third-order valence-corrected chi connectivity index (χ3v) is 1.93. The first-order valence-electron chi connectivity index (χ1n) is 4.62. The first-order chi connectivity index (χ1) is 6.34. The Hall–Kier alpha value is -1.09. The smallest absolute Gasteiger partial charge is 0.122 e. The molecule has 3 heteroatoms. The zero-order chi connectivity index (χ0) is 9.52. The second kappa shape index (κ2) is 5.54. The lowest BCUT2D eigenvalue weighted by Gasteiger charge is -2.02. The van der Waals surface area contributed by atoms with Crippen molar-refractivity contribution in [3.8, 4) is 0 Å². The number of nitrogens with zero attached hydrogens (tertiary/aromatic N) is 2. The number of hydrogen-bond donors (Lipinski definition) is 1. The molecule has 0 atom stereocenters. The van der Waals surface area contributed by atoms with Crippen LogP contribution < -0.4 is 5.32 Å². The summed E-state index contributed by atoms with van der Waals surface area (Å²) in [5, 5.41) is 3.33. The van der Waals surface area contributed by atoms with Crippen LogP contribution in [0.2, 0.25) is 0 Å². The lowest BCUT2D eigenvalue weighted by molar-refractivity contribution is 0.643. The number of imidazole rings is 1. The van der Waals surface area contributed by atoms with Crippen LogP contribution in [0.5, 0.6) is 0 Å². The second-order valence-corrected chi connectivity index (χ2v) is 2.99. The molecule has 1 rings (SSSR count). The Morgan fingerprint density at radius 2 is 2.46 bits per heavy atom. The number of rotatable bonds is 5. The molecule has 0 unspecified atom stereocenters. The minimum atomic E-state index is 0.848. The van der Waals surface area contributed by atoms with Gasteiger partial charge < -0.3 is 9.88 Å². The molecule has 0 amide bonds. The number of hydrogen-bond acceptors (Lipinski definition) is 2. The van der Waals surface area contributed by atoms with Crippen molar-refractivity contribution >= 4 is 0 Å². The van der Waals surface area contributed by atoms with E-state index in [9.17, 15) is 0 Å². The molecule has 3 nitrogen and oxygen atoms in total. The molecule has 72 valence electrons. The number of allylic oxidation sites excluding steroid dienone is 1. The van der Waals surface area contributed by atoms with Crippen LogP contribution in [-0.4, -0.2) is 16.1 Å². The van der Waals surface area contributed by atoms with Gasteiger partial charge in [0.15, 0.2) is 0 Å². The SMILES string of the molecule is C/C=C/CCNCc1nccn1C. The van der Waals surface area contributed by atoms with E-state index in [1.54, 1.807) is 0 Å². The summed E-state index contributed by atoms with van der Waals surface area (Å²) >= 11 is 0. The van der Waals surface area contributed by atoms with Gasteiger partial charge in [0.1, 0.15) is 5.82 Å². The van der Waals surface area contributed by atoms with E-state index in [2.05, 4.69) is 22.5 Å². The van der Waals surface area contributed by atoms with Crippen molar-refractivity contribution in [1.82, 2.24) is 14.9 Å². The first kappa shape index (κ1) is 9.99. The molecule has 0 aliphatic carbocycles. The Bertz CT molecular complexity index is 263. The predicted molar refractivity (Wildman–Crippen MR) is 54.3 cm³/mol. The maximum Gasteiger partial charge on any atom is 0.122 e. The Labute approximate surface area is 79.5 Å². The average molecular weight is 179 g/mol. The second-order valence-electron chi connectivity index (χ2n) is 2.99. The summed E-state index contributed by atoms with van der Waals surface area (Å²) in [5.41, 5.74) is 0. The molecule has 0 radical (unpaired) electrons. The maximum absolute atomic E-state index is 4.22. The highest BCUT2D eigenvalue weighted by molar-refractivity contribution is 4.90. The van der Waals surface area contributed by atoms with Gasteiger partial charge in [-0.1, -0.05) is 12.2 Å². The van der Waals surface area contributed by atoms with Crippen LogP contribution in [0.3, 0.4) is 0 Å². The Kier molecular flexibility index (Phi) is 4.26. The van der Waals surface area contributed by atoms with Crippen molar-refractivity contribution in [1.29, 1.82) is 0 Å². The van der Waals surface area contributed by atoms with Crippen molar-refractivity contribution in [2.45, 2.75) is 19.9 Å². The fraction of sp³-hybridized carbons (Fsp3) is 0.500. The Morgan fingerprint density at radius 1 is 1.62 bits per heavy atom. The molecule has 0 aliphatic rings. The van der Waals surface area contributed by atoms with Gasteiger partial charge in [-0.05, 0) is 19.9 Å². The van der Waals surface area contributed by atoms with Crippen LogP contribution in [0, 0.1) is 0 Å². The van der Waals surface area contributed by atoms with Crippen molar-refractivity contribution < 1.29 is 0 Å². The molecule has 1 aromatic rings. The lowest BCUT2D eigenvalue weighted by atomic mass is 10.4. The van der Waals surface area contributed by atoms with Crippen molar-refractivity contribution in [3.05, 3.63) is 30.4 Å². The minimum Gasteiger partial charge on any atom is -0.337 e. The molecule has 13 heavy (non-hydrogen) atoms. The van der Waals surface area contributed by atoms with Crippen molar-refractivity contribution in [2.75, 3.05) is 6.54 Å². The van der Waals surface area contributed by atoms with E-state index in [-0.39, 0.29) is 0 Å². The highest BCUT2D eigenvalue weighted by Gasteiger charge is 1.95. The van der Waals surface area contributed by atoms with Crippen molar-refractivity contribution in [2.24, 2.45) is 7.05 Å². The van der Waals surface area contributed by atoms with E-state index in [0.29, 0.717) is 0 Å². The largest absolute Gasteiger partial charge is 0.337 e. The number of nitrogens with one attached hydrogen (secondary N) is 1. The fourth-order valence-electron chi connectivity index (χ4n) is 1.12. The first-order valence-corrected chi connectivity index (χ1v) is 4.62. The molecule has 1 aromatic heterocycles. The summed E-state index contributed by atoms with van der Waals surface area (Å²) in [6.07, 6.45) is 9.10. The van der Waals surface area contributed by atoms with Gasteiger partial charge in [-0.2, -0.15) is 0 Å². The topological polar surface area (TPSA) is 29.9 Å². The fourth-order valence-corrected chi connectivity index (χ4v) is 1.12. The Morgan fingerprint density at radius 3 is 3.08 bits per heavy atom. The van der Waals surface area contributed by atoms with Crippen LogP contribution in [0.25, 0.3) is 0 Å². The van der Waals surface area contributed by atoms with E-state index in [4.69, 9.17) is 0 Å². The van der Waals surface area contributed by atoms with Crippen LogP contribution >= 0.6 is 0 Å². The normalized spacial score (nSPS) is 11.2. The summed E-state index contributed by atoms with van der Waals surface area (Å²) in [6.45, 7) is 3.90. The highest BCUT2D eigenvalue weighted by atomic mass is 15.1. The Balaban J connectivity index is 2.16. The highest BCUT2D eigenvalue weighted by Crippen LogP contribution is 1.92. The van der Waals surface area contributed by atoms with Gasteiger partial charge in [0.05, 0.1) is 6.54 Å².